The highest BCUT2D eigenvalue weighted by Crippen LogP contribution is 2.30. The van der Waals surface area contributed by atoms with Gasteiger partial charge >= 0.3 is 0 Å². The zero-order valence-electron chi connectivity index (χ0n) is 11.1. The van der Waals surface area contributed by atoms with Gasteiger partial charge in [-0.15, -0.1) is 0 Å². The first-order chi connectivity index (χ1) is 8.16. The molecule has 1 aliphatic heterocycles. The van der Waals surface area contributed by atoms with Gasteiger partial charge in [0.1, 0.15) is 5.75 Å². The fourth-order valence-electron chi connectivity index (χ4n) is 2.58. The van der Waals surface area contributed by atoms with Crippen LogP contribution in [0.2, 0.25) is 0 Å². The van der Waals surface area contributed by atoms with E-state index in [0.29, 0.717) is 0 Å². The number of nitrogens with one attached hydrogen (secondary N) is 1. The highest BCUT2D eigenvalue weighted by molar-refractivity contribution is 5.37. The molecule has 1 N–H and O–H groups in total. The Labute approximate surface area is 104 Å². The van der Waals surface area contributed by atoms with Crippen molar-refractivity contribution in [3.8, 4) is 5.75 Å². The summed E-state index contributed by atoms with van der Waals surface area (Å²) in [6.45, 7) is 8.62. The van der Waals surface area contributed by atoms with Crippen molar-refractivity contribution in [1.82, 2.24) is 5.32 Å². The fraction of sp³-hybridized carbons (Fsp3) is 0.600. The monoisotopic (exact) mass is 233 g/mol. The molecule has 0 radical (unpaired) electrons. The molecule has 94 valence electrons. The molecular formula is C15H23NO. The Bertz CT molecular complexity index is 367. The molecular weight excluding hydrogens is 210 g/mol. The lowest BCUT2D eigenvalue weighted by molar-refractivity contribution is 0.242. The van der Waals surface area contributed by atoms with Crippen molar-refractivity contribution in [2.75, 3.05) is 13.1 Å². The van der Waals surface area contributed by atoms with Gasteiger partial charge in [-0.1, -0.05) is 6.07 Å². The van der Waals surface area contributed by atoms with Crippen LogP contribution in [0.25, 0.3) is 0 Å². The summed E-state index contributed by atoms with van der Waals surface area (Å²) in [6, 6.07) is 6.55. The fourth-order valence-corrected chi connectivity index (χ4v) is 2.58. The second-order valence-electron chi connectivity index (χ2n) is 5.21. The molecule has 17 heavy (non-hydrogen) atoms. The maximum atomic E-state index is 5.72. The van der Waals surface area contributed by atoms with E-state index in [1.165, 1.54) is 24.0 Å². The Morgan fingerprint density at radius 1 is 1.24 bits per heavy atom. The number of rotatable bonds is 3. The molecule has 0 spiro atoms. The van der Waals surface area contributed by atoms with Crippen LogP contribution in [0.4, 0.5) is 0 Å². The quantitative estimate of drug-likeness (QED) is 0.865. The maximum Gasteiger partial charge on any atom is 0.119 e. The minimum Gasteiger partial charge on any atom is -0.491 e. The van der Waals surface area contributed by atoms with Gasteiger partial charge in [0.05, 0.1) is 6.10 Å². The highest BCUT2D eigenvalue weighted by atomic mass is 16.5. The summed E-state index contributed by atoms with van der Waals surface area (Å²) < 4.78 is 5.72. The van der Waals surface area contributed by atoms with E-state index < -0.39 is 0 Å². The van der Waals surface area contributed by atoms with Crippen molar-refractivity contribution in [1.29, 1.82) is 0 Å². The van der Waals surface area contributed by atoms with Gasteiger partial charge in [0.15, 0.2) is 0 Å². The van der Waals surface area contributed by atoms with Crippen LogP contribution < -0.4 is 10.1 Å². The molecule has 1 aliphatic rings. The predicted octanol–water partition coefficient (Wildman–Crippen LogP) is 3.25. The standard InChI is InChI=1S/C15H23NO/c1-11(2)17-14-4-5-15(12(3)10-14)13-6-8-16-9-7-13/h4-5,10-11,13,16H,6-9H2,1-3H3. The molecule has 0 unspecified atom stereocenters. The van der Waals surface area contributed by atoms with Crippen LogP contribution >= 0.6 is 0 Å². The molecule has 0 aromatic heterocycles. The molecule has 1 aromatic rings. The van der Waals surface area contributed by atoms with Gasteiger partial charge in [0, 0.05) is 0 Å². The van der Waals surface area contributed by atoms with Crippen LogP contribution in [0.1, 0.15) is 43.7 Å². The summed E-state index contributed by atoms with van der Waals surface area (Å²) in [5.74, 6) is 1.72. The van der Waals surface area contributed by atoms with Crippen molar-refractivity contribution in [3.05, 3.63) is 29.3 Å². The second-order valence-corrected chi connectivity index (χ2v) is 5.21. The highest BCUT2D eigenvalue weighted by Gasteiger charge is 2.17. The third-order valence-corrected chi connectivity index (χ3v) is 3.39. The Balaban J connectivity index is 2.13. The first-order valence-electron chi connectivity index (χ1n) is 6.64. The van der Waals surface area contributed by atoms with E-state index in [-0.39, 0.29) is 6.10 Å². The van der Waals surface area contributed by atoms with Crippen LogP contribution in [0, 0.1) is 6.92 Å². The molecule has 0 amide bonds. The smallest absolute Gasteiger partial charge is 0.119 e. The topological polar surface area (TPSA) is 21.3 Å². The summed E-state index contributed by atoms with van der Waals surface area (Å²) in [4.78, 5) is 0. The van der Waals surface area contributed by atoms with Crippen molar-refractivity contribution in [2.24, 2.45) is 0 Å². The van der Waals surface area contributed by atoms with Crippen molar-refractivity contribution >= 4 is 0 Å². The summed E-state index contributed by atoms with van der Waals surface area (Å²) in [7, 11) is 0. The largest absolute Gasteiger partial charge is 0.491 e. The van der Waals surface area contributed by atoms with Crippen LogP contribution in [0.15, 0.2) is 18.2 Å². The zero-order valence-corrected chi connectivity index (χ0v) is 11.1. The lowest BCUT2D eigenvalue weighted by Gasteiger charge is -2.25. The molecule has 0 saturated carbocycles. The number of hydrogen-bond donors (Lipinski definition) is 1. The summed E-state index contributed by atoms with van der Waals surface area (Å²) in [5, 5.41) is 3.42. The van der Waals surface area contributed by atoms with Crippen LogP contribution in [-0.2, 0) is 0 Å². The Kier molecular flexibility index (Phi) is 4.06. The average Bonchev–Trinajstić information content (AvgIpc) is 2.29. The molecule has 0 aliphatic carbocycles. The summed E-state index contributed by atoms with van der Waals surface area (Å²) in [6.07, 6.45) is 2.76. The van der Waals surface area contributed by atoms with Gasteiger partial charge in [0.25, 0.3) is 0 Å². The normalized spacial score (nSPS) is 17.4. The third kappa shape index (κ3) is 3.22. The van der Waals surface area contributed by atoms with Gasteiger partial charge in [0.2, 0.25) is 0 Å². The Morgan fingerprint density at radius 3 is 2.53 bits per heavy atom. The number of benzene rings is 1. The van der Waals surface area contributed by atoms with Gasteiger partial charge in [-0.05, 0) is 75.9 Å². The lowest BCUT2D eigenvalue weighted by Crippen LogP contribution is -2.26. The summed E-state index contributed by atoms with van der Waals surface area (Å²) in [5.41, 5.74) is 2.87. The molecule has 0 bridgehead atoms. The van der Waals surface area contributed by atoms with E-state index in [0.717, 1.165) is 24.8 Å². The SMILES string of the molecule is Cc1cc(OC(C)C)ccc1C1CCNCC1. The lowest BCUT2D eigenvalue weighted by atomic mass is 9.87. The molecule has 1 heterocycles. The molecule has 0 atom stereocenters. The Hall–Kier alpha value is -1.02. The molecule has 2 nitrogen and oxygen atoms in total. The van der Waals surface area contributed by atoms with E-state index in [9.17, 15) is 0 Å². The molecule has 2 heteroatoms. The average molecular weight is 233 g/mol. The molecule has 1 saturated heterocycles. The number of aryl methyl sites for hydroxylation is 1. The summed E-state index contributed by atoms with van der Waals surface area (Å²) >= 11 is 0. The number of piperidine rings is 1. The van der Waals surface area contributed by atoms with Gasteiger partial charge in [-0.25, -0.2) is 0 Å². The van der Waals surface area contributed by atoms with E-state index >= 15 is 0 Å². The van der Waals surface area contributed by atoms with E-state index in [2.05, 4.69) is 44.3 Å². The minimum atomic E-state index is 0.249. The van der Waals surface area contributed by atoms with E-state index in [4.69, 9.17) is 4.74 Å². The van der Waals surface area contributed by atoms with Crippen molar-refractivity contribution in [2.45, 2.75) is 45.6 Å². The molecule has 2 rings (SSSR count). The first-order valence-corrected chi connectivity index (χ1v) is 6.64. The molecule has 1 fully saturated rings. The number of ether oxygens (including phenoxy) is 1. The maximum absolute atomic E-state index is 5.72. The first kappa shape index (κ1) is 12.4. The van der Waals surface area contributed by atoms with Crippen LogP contribution in [0.3, 0.4) is 0 Å². The van der Waals surface area contributed by atoms with E-state index in [1.54, 1.807) is 0 Å². The predicted molar refractivity (Wildman–Crippen MR) is 71.8 cm³/mol. The van der Waals surface area contributed by atoms with Crippen LogP contribution in [-0.4, -0.2) is 19.2 Å². The van der Waals surface area contributed by atoms with Crippen LogP contribution in [0.5, 0.6) is 5.75 Å². The van der Waals surface area contributed by atoms with Crippen molar-refractivity contribution in [3.63, 3.8) is 0 Å². The van der Waals surface area contributed by atoms with Gasteiger partial charge in [-0.3, -0.25) is 0 Å². The van der Waals surface area contributed by atoms with Gasteiger partial charge < -0.3 is 10.1 Å². The molecule has 1 aromatic carbocycles. The number of hydrogen-bond acceptors (Lipinski definition) is 2. The second kappa shape index (κ2) is 5.54. The van der Waals surface area contributed by atoms with Gasteiger partial charge in [-0.2, -0.15) is 0 Å². The zero-order chi connectivity index (χ0) is 12.3. The Morgan fingerprint density at radius 2 is 1.94 bits per heavy atom. The third-order valence-electron chi connectivity index (χ3n) is 3.39. The van der Waals surface area contributed by atoms with Crippen molar-refractivity contribution < 1.29 is 4.74 Å². The minimum absolute atomic E-state index is 0.249. The van der Waals surface area contributed by atoms with E-state index in [1.807, 2.05) is 0 Å².